The first-order chi connectivity index (χ1) is 14.5. The molecule has 2 atom stereocenters. The normalized spacial score (nSPS) is 13.3. The van der Waals surface area contributed by atoms with E-state index in [1.807, 2.05) is 6.92 Å². The molecule has 0 aliphatic carbocycles. The van der Waals surface area contributed by atoms with Crippen LogP contribution in [0.3, 0.4) is 0 Å². The summed E-state index contributed by atoms with van der Waals surface area (Å²) in [6, 6.07) is 8.89. The molecule has 1 aromatic carbocycles. The molecule has 3 aromatic heterocycles. The summed E-state index contributed by atoms with van der Waals surface area (Å²) < 4.78 is 32.0. The standard InChI is InChI=1S/C21H19FN4O3S/c1-3-17(19-8-9-20(29-19)30(2)28)25-21(27)16-10-23-12-18-15(16)11-24-26(18)14-6-4-13(22)5-7-14/h4-12,17H,3H2,1-2H3,(H,25,27). The van der Waals surface area contributed by atoms with Crippen LogP contribution < -0.4 is 5.32 Å². The highest BCUT2D eigenvalue weighted by atomic mass is 32.2. The van der Waals surface area contributed by atoms with E-state index in [1.54, 1.807) is 41.3 Å². The number of furan rings is 1. The minimum Gasteiger partial charge on any atom is -0.450 e. The van der Waals surface area contributed by atoms with E-state index in [2.05, 4.69) is 15.4 Å². The molecule has 30 heavy (non-hydrogen) atoms. The Balaban J connectivity index is 1.64. The van der Waals surface area contributed by atoms with Crippen molar-refractivity contribution < 1.29 is 17.8 Å². The van der Waals surface area contributed by atoms with Gasteiger partial charge in [-0.3, -0.25) is 14.0 Å². The average molecular weight is 426 g/mol. The molecule has 0 aliphatic rings. The van der Waals surface area contributed by atoms with Gasteiger partial charge in [0.15, 0.2) is 5.09 Å². The van der Waals surface area contributed by atoms with Crippen LogP contribution in [0, 0.1) is 5.82 Å². The van der Waals surface area contributed by atoms with Gasteiger partial charge in [0, 0.05) is 17.8 Å². The largest absolute Gasteiger partial charge is 0.450 e. The van der Waals surface area contributed by atoms with E-state index in [0.29, 0.717) is 39.4 Å². The number of aromatic nitrogens is 3. The third-order valence-electron chi connectivity index (χ3n) is 4.76. The Labute approximate surface area is 174 Å². The Kier molecular flexibility index (Phi) is 5.45. The maximum atomic E-state index is 13.2. The van der Waals surface area contributed by atoms with E-state index < -0.39 is 10.8 Å². The number of nitrogens with one attached hydrogen (secondary N) is 1. The number of amides is 1. The molecular weight excluding hydrogens is 407 g/mol. The second-order valence-corrected chi connectivity index (χ2v) is 8.01. The molecule has 0 spiro atoms. The Hall–Kier alpha value is -3.33. The molecule has 7 nitrogen and oxygen atoms in total. The second-order valence-electron chi connectivity index (χ2n) is 6.70. The lowest BCUT2D eigenvalue weighted by molar-refractivity contribution is 0.0930. The van der Waals surface area contributed by atoms with Crippen molar-refractivity contribution in [2.45, 2.75) is 24.5 Å². The molecule has 9 heteroatoms. The van der Waals surface area contributed by atoms with E-state index in [0.717, 1.165) is 0 Å². The SMILES string of the molecule is CCC(NC(=O)c1cncc2c1cnn2-c1ccc(F)cc1)c1ccc(S(C)=O)o1. The van der Waals surface area contributed by atoms with Gasteiger partial charge in [-0.05, 0) is 42.8 Å². The summed E-state index contributed by atoms with van der Waals surface area (Å²) in [5.41, 5.74) is 1.65. The molecule has 0 aliphatic heterocycles. The van der Waals surface area contributed by atoms with E-state index >= 15 is 0 Å². The zero-order valence-corrected chi connectivity index (χ0v) is 17.1. The molecule has 0 bridgehead atoms. The lowest BCUT2D eigenvalue weighted by atomic mass is 10.1. The number of nitrogens with zero attached hydrogens (tertiary/aromatic N) is 3. The predicted molar refractivity (Wildman–Crippen MR) is 110 cm³/mol. The van der Waals surface area contributed by atoms with Gasteiger partial charge in [-0.15, -0.1) is 0 Å². The van der Waals surface area contributed by atoms with Crippen LogP contribution >= 0.6 is 0 Å². The molecule has 0 saturated carbocycles. The van der Waals surface area contributed by atoms with Crippen LogP contribution in [0.25, 0.3) is 16.6 Å². The summed E-state index contributed by atoms with van der Waals surface area (Å²) in [5.74, 6) is -0.126. The number of carbonyl (C=O) groups is 1. The highest BCUT2D eigenvalue weighted by Crippen LogP contribution is 2.24. The zero-order chi connectivity index (χ0) is 21.3. The Morgan fingerprint density at radius 2 is 1.97 bits per heavy atom. The molecule has 4 aromatic rings. The topological polar surface area (TPSA) is 90.0 Å². The molecule has 0 radical (unpaired) electrons. The molecule has 1 amide bonds. The minimum absolute atomic E-state index is 0.325. The maximum absolute atomic E-state index is 13.2. The molecule has 154 valence electrons. The second kappa shape index (κ2) is 8.19. The fourth-order valence-corrected chi connectivity index (χ4v) is 3.67. The minimum atomic E-state index is -1.23. The number of hydrogen-bond acceptors (Lipinski definition) is 5. The molecule has 0 fully saturated rings. The number of halogens is 1. The van der Waals surface area contributed by atoms with Crippen LogP contribution in [0.1, 0.15) is 35.5 Å². The molecule has 3 heterocycles. The fourth-order valence-electron chi connectivity index (χ4n) is 3.20. The van der Waals surface area contributed by atoms with E-state index in [1.165, 1.54) is 24.6 Å². The van der Waals surface area contributed by atoms with E-state index in [9.17, 15) is 13.4 Å². The van der Waals surface area contributed by atoms with Gasteiger partial charge >= 0.3 is 0 Å². The van der Waals surface area contributed by atoms with Crippen LogP contribution in [0.4, 0.5) is 4.39 Å². The number of hydrogen-bond donors (Lipinski definition) is 1. The number of rotatable bonds is 6. The fraction of sp³-hybridized carbons (Fsp3) is 0.190. The number of fused-ring (bicyclic) bond motifs is 1. The molecule has 4 rings (SSSR count). The van der Waals surface area contributed by atoms with E-state index in [-0.39, 0.29) is 17.8 Å². The van der Waals surface area contributed by atoms with Gasteiger partial charge in [0.2, 0.25) is 0 Å². The third kappa shape index (κ3) is 3.76. The Morgan fingerprint density at radius 3 is 2.63 bits per heavy atom. The highest BCUT2D eigenvalue weighted by molar-refractivity contribution is 7.84. The summed E-state index contributed by atoms with van der Waals surface area (Å²) in [6.07, 6.45) is 6.80. The maximum Gasteiger partial charge on any atom is 0.254 e. The van der Waals surface area contributed by atoms with E-state index in [4.69, 9.17) is 4.42 Å². The smallest absolute Gasteiger partial charge is 0.254 e. The Morgan fingerprint density at radius 1 is 1.20 bits per heavy atom. The van der Waals surface area contributed by atoms with Crippen molar-refractivity contribution in [2.75, 3.05) is 6.26 Å². The van der Waals surface area contributed by atoms with Gasteiger partial charge in [0.1, 0.15) is 11.6 Å². The van der Waals surface area contributed by atoms with Crippen molar-refractivity contribution in [1.29, 1.82) is 0 Å². The van der Waals surface area contributed by atoms with Crippen molar-refractivity contribution in [3.05, 3.63) is 72.1 Å². The first kappa shape index (κ1) is 20.0. The van der Waals surface area contributed by atoms with Crippen LogP contribution in [0.15, 0.2) is 64.5 Å². The van der Waals surface area contributed by atoms with Crippen LogP contribution in [0.5, 0.6) is 0 Å². The lowest BCUT2D eigenvalue weighted by Crippen LogP contribution is -2.28. The molecule has 0 saturated heterocycles. The Bertz CT molecular complexity index is 1230. The van der Waals surface area contributed by atoms with Gasteiger partial charge in [0.05, 0.1) is 46.0 Å². The first-order valence-electron chi connectivity index (χ1n) is 9.29. The van der Waals surface area contributed by atoms with Crippen molar-refractivity contribution >= 4 is 27.6 Å². The van der Waals surface area contributed by atoms with Crippen LogP contribution in [0.2, 0.25) is 0 Å². The van der Waals surface area contributed by atoms with Crippen LogP contribution in [-0.2, 0) is 10.8 Å². The van der Waals surface area contributed by atoms with Crippen molar-refractivity contribution in [3.8, 4) is 5.69 Å². The number of benzene rings is 1. The quantitative estimate of drug-likeness (QED) is 0.507. The number of pyridine rings is 1. The van der Waals surface area contributed by atoms with Crippen molar-refractivity contribution in [2.24, 2.45) is 0 Å². The van der Waals surface area contributed by atoms with Gasteiger partial charge in [-0.2, -0.15) is 5.10 Å². The van der Waals surface area contributed by atoms with Gasteiger partial charge in [-0.1, -0.05) is 6.92 Å². The van der Waals surface area contributed by atoms with Crippen LogP contribution in [-0.4, -0.2) is 31.1 Å². The highest BCUT2D eigenvalue weighted by Gasteiger charge is 2.21. The molecular formula is C21H19FN4O3S. The third-order valence-corrected chi connectivity index (χ3v) is 5.54. The summed E-state index contributed by atoms with van der Waals surface area (Å²) in [6.45, 7) is 1.92. The summed E-state index contributed by atoms with van der Waals surface area (Å²) >= 11 is 0. The zero-order valence-electron chi connectivity index (χ0n) is 16.3. The van der Waals surface area contributed by atoms with Crippen molar-refractivity contribution in [3.63, 3.8) is 0 Å². The summed E-state index contributed by atoms with van der Waals surface area (Å²) in [4.78, 5) is 17.2. The van der Waals surface area contributed by atoms with Gasteiger partial charge < -0.3 is 9.73 Å². The van der Waals surface area contributed by atoms with Gasteiger partial charge in [0.25, 0.3) is 5.91 Å². The average Bonchev–Trinajstić information content (AvgIpc) is 3.40. The lowest BCUT2D eigenvalue weighted by Gasteiger charge is -2.15. The molecule has 1 N–H and O–H groups in total. The predicted octanol–water partition coefficient (Wildman–Crippen LogP) is 3.77. The first-order valence-corrected chi connectivity index (χ1v) is 10.9. The number of carbonyl (C=O) groups excluding carboxylic acids is 1. The molecule has 2 unspecified atom stereocenters. The summed E-state index contributed by atoms with van der Waals surface area (Å²) in [5, 5.41) is 8.27. The monoisotopic (exact) mass is 426 g/mol. The van der Waals surface area contributed by atoms with Gasteiger partial charge in [-0.25, -0.2) is 9.07 Å². The summed E-state index contributed by atoms with van der Waals surface area (Å²) in [7, 11) is -1.23. The van der Waals surface area contributed by atoms with Crippen molar-refractivity contribution in [1.82, 2.24) is 20.1 Å².